The Hall–Kier alpha value is -2.19. The number of nitro groups is 1. The van der Waals surface area contributed by atoms with Crippen molar-refractivity contribution in [3.63, 3.8) is 0 Å². The van der Waals surface area contributed by atoms with Crippen LogP contribution in [0.3, 0.4) is 0 Å². The normalized spacial score (nSPS) is 24.2. The third-order valence-electron chi connectivity index (χ3n) is 5.07. The van der Waals surface area contributed by atoms with Gasteiger partial charge in [0, 0.05) is 39.3 Å². The lowest BCUT2D eigenvalue weighted by Gasteiger charge is -2.21. The number of halogens is 1. The first kappa shape index (κ1) is 19.6. The Bertz CT molecular complexity index is 766. The number of ether oxygens (including phenoxy) is 3. The number of rotatable bonds is 6. The lowest BCUT2D eigenvalue weighted by Crippen LogP contribution is -2.27. The second kappa shape index (κ2) is 8.22. The standard InChI is InChI=1S/C18H20ClNO7/c1-10-2-16(21)14(15(10)6-20(23)24)5-17(22)26-8-12-4-13(19)3-11-7-25-9-27-18(11)12/h3-4,10,14-15H,2,5-9H2,1H3/t10-,14-,15-/m1/s1. The van der Waals surface area contributed by atoms with Gasteiger partial charge in [-0.05, 0) is 18.1 Å². The molecule has 1 aromatic carbocycles. The Morgan fingerprint density at radius 2 is 2.22 bits per heavy atom. The van der Waals surface area contributed by atoms with Gasteiger partial charge in [0.25, 0.3) is 0 Å². The Kier molecular flexibility index (Phi) is 5.96. The average Bonchev–Trinajstić information content (AvgIpc) is 2.86. The van der Waals surface area contributed by atoms with E-state index in [1.165, 1.54) is 0 Å². The van der Waals surface area contributed by atoms with Gasteiger partial charge in [-0.3, -0.25) is 19.7 Å². The third-order valence-corrected chi connectivity index (χ3v) is 5.29. The number of fused-ring (bicyclic) bond motifs is 1. The van der Waals surface area contributed by atoms with Crippen LogP contribution in [0.1, 0.15) is 30.9 Å². The van der Waals surface area contributed by atoms with Crippen LogP contribution < -0.4 is 4.74 Å². The van der Waals surface area contributed by atoms with Crippen LogP contribution in [0.25, 0.3) is 0 Å². The fraction of sp³-hybridized carbons (Fsp3) is 0.556. The zero-order valence-electron chi connectivity index (χ0n) is 14.8. The minimum atomic E-state index is -0.671. The maximum absolute atomic E-state index is 12.3. The van der Waals surface area contributed by atoms with E-state index in [1.54, 1.807) is 19.1 Å². The van der Waals surface area contributed by atoms with Gasteiger partial charge in [-0.15, -0.1) is 0 Å². The fourth-order valence-electron chi connectivity index (χ4n) is 3.76. The van der Waals surface area contributed by atoms with Crippen LogP contribution in [0.4, 0.5) is 0 Å². The van der Waals surface area contributed by atoms with Gasteiger partial charge in [-0.2, -0.15) is 0 Å². The lowest BCUT2D eigenvalue weighted by atomic mass is 9.88. The van der Waals surface area contributed by atoms with Gasteiger partial charge in [0.1, 0.15) is 18.1 Å². The van der Waals surface area contributed by atoms with Crippen molar-refractivity contribution >= 4 is 23.4 Å². The molecule has 3 atom stereocenters. The van der Waals surface area contributed by atoms with Gasteiger partial charge in [-0.1, -0.05) is 18.5 Å². The molecule has 0 amide bonds. The van der Waals surface area contributed by atoms with E-state index in [-0.39, 0.29) is 44.5 Å². The van der Waals surface area contributed by atoms with Crippen LogP contribution in [0.5, 0.6) is 5.75 Å². The molecule has 3 rings (SSSR count). The molecule has 27 heavy (non-hydrogen) atoms. The van der Waals surface area contributed by atoms with Gasteiger partial charge >= 0.3 is 5.97 Å². The first-order valence-electron chi connectivity index (χ1n) is 8.67. The monoisotopic (exact) mass is 397 g/mol. The molecule has 1 saturated carbocycles. The minimum Gasteiger partial charge on any atom is -0.467 e. The summed E-state index contributed by atoms with van der Waals surface area (Å²) < 4.78 is 16.0. The number of hydrogen-bond donors (Lipinski definition) is 0. The van der Waals surface area contributed by atoms with Gasteiger partial charge in [0.05, 0.1) is 13.0 Å². The number of hydrogen-bond acceptors (Lipinski definition) is 7. The minimum absolute atomic E-state index is 0.0574. The van der Waals surface area contributed by atoms with Gasteiger partial charge in [0.15, 0.2) is 6.79 Å². The van der Waals surface area contributed by atoms with Crippen LogP contribution in [0.15, 0.2) is 12.1 Å². The van der Waals surface area contributed by atoms with Gasteiger partial charge < -0.3 is 14.2 Å². The molecule has 1 aliphatic carbocycles. The molecule has 0 N–H and O–H groups in total. The molecule has 2 aliphatic rings. The number of nitrogens with zero attached hydrogens (tertiary/aromatic N) is 1. The lowest BCUT2D eigenvalue weighted by molar-refractivity contribution is -0.490. The van der Waals surface area contributed by atoms with Crippen LogP contribution in [0.2, 0.25) is 5.02 Å². The summed E-state index contributed by atoms with van der Waals surface area (Å²) in [7, 11) is 0. The summed E-state index contributed by atoms with van der Waals surface area (Å²) in [5, 5.41) is 11.3. The van der Waals surface area contributed by atoms with E-state index in [1.807, 2.05) is 0 Å². The Morgan fingerprint density at radius 3 is 2.96 bits per heavy atom. The molecule has 8 nitrogen and oxygen atoms in total. The van der Waals surface area contributed by atoms with Gasteiger partial charge in [0.2, 0.25) is 6.54 Å². The van der Waals surface area contributed by atoms with Crippen LogP contribution in [-0.2, 0) is 32.3 Å². The first-order valence-corrected chi connectivity index (χ1v) is 9.05. The second-order valence-corrected chi connectivity index (χ2v) is 7.40. The predicted molar refractivity (Wildman–Crippen MR) is 93.8 cm³/mol. The molecule has 1 fully saturated rings. The topological polar surface area (TPSA) is 105 Å². The van der Waals surface area contributed by atoms with E-state index in [9.17, 15) is 19.7 Å². The van der Waals surface area contributed by atoms with E-state index in [0.29, 0.717) is 22.9 Å². The van der Waals surface area contributed by atoms with Crippen molar-refractivity contribution in [1.82, 2.24) is 0 Å². The molecule has 0 bridgehead atoms. The summed E-state index contributed by atoms with van der Waals surface area (Å²) in [5.74, 6) is -1.34. The molecule has 0 spiro atoms. The number of benzene rings is 1. The molecular formula is C18H20ClNO7. The zero-order valence-corrected chi connectivity index (χ0v) is 15.6. The number of carbonyl (C=O) groups excluding carboxylic acids is 2. The summed E-state index contributed by atoms with van der Waals surface area (Å²) in [6.07, 6.45) is 0.0977. The SMILES string of the molecule is C[C@@H]1CC(=O)[C@H](CC(=O)OCc2cc(Cl)cc3c2OCOC3)[C@@H]1C[N+](=O)[O-]. The number of esters is 1. The smallest absolute Gasteiger partial charge is 0.306 e. The highest BCUT2D eigenvalue weighted by Crippen LogP contribution is 2.37. The summed E-state index contributed by atoms with van der Waals surface area (Å²) in [6.45, 7) is 1.88. The van der Waals surface area contributed by atoms with Crippen molar-refractivity contribution in [2.45, 2.75) is 33.0 Å². The average molecular weight is 398 g/mol. The molecule has 1 aromatic rings. The molecule has 9 heteroatoms. The molecule has 0 saturated heterocycles. The highest BCUT2D eigenvalue weighted by molar-refractivity contribution is 6.30. The Balaban J connectivity index is 1.64. The zero-order chi connectivity index (χ0) is 19.6. The maximum atomic E-state index is 12.3. The predicted octanol–water partition coefficient (Wildman–Crippen LogP) is 2.76. The fourth-order valence-corrected chi connectivity index (χ4v) is 4.02. The second-order valence-electron chi connectivity index (χ2n) is 6.96. The molecule has 0 aromatic heterocycles. The quantitative estimate of drug-likeness (QED) is 0.412. The summed E-state index contributed by atoms with van der Waals surface area (Å²) >= 11 is 6.08. The van der Waals surface area contributed by atoms with Crippen LogP contribution in [0, 0.1) is 27.9 Å². The van der Waals surface area contributed by atoms with Crippen molar-refractivity contribution in [1.29, 1.82) is 0 Å². The summed E-state index contributed by atoms with van der Waals surface area (Å²) in [4.78, 5) is 34.8. The van der Waals surface area contributed by atoms with Crippen molar-refractivity contribution in [3.8, 4) is 5.75 Å². The number of Topliss-reactive ketones (excluding diaryl/α,β-unsaturated/α-hetero) is 1. The van der Waals surface area contributed by atoms with Crippen molar-refractivity contribution in [2.75, 3.05) is 13.3 Å². The van der Waals surface area contributed by atoms with Crippen molar-refractivity contribution in [2.24, 2.45) is 17.8 Å². The Labute approximate surface area is 160 Å². The molecular weight excluding hydrogens is 378 g/mol. The van der Waals surface area contributed by atoms with Crippen molar-refractivity contribution < 1.29 is 28.7 Å². The van der Waals surface area contributed by atoms with Crippen LogP contribution >= 0.6 is 11.6 Å². The Morgan fingerprint density at radius 1 is 1.44 bits per heavy atom. The van der Waals surface area contributed by atoms with Crippen molar-refractivity contribution in [3.05, 3.63) is 38.4 Å². The largest absolute Gasteiger partial charge is 0.467 e. The molecule has 146 valence electrons. The van der Waals surface area contributed by atoms with E-state index in [0.717, 1.165) is 5.56 Å². The first-order chi connectivity index (χ1) is 12.8. The molecule has 0 radical (unpaired) electrons. The van der Waals surface area contributed by atoms with E-state index in [2.05, 4.69) is 0 Å². The maximum Gasteiger partial charge on any atom is 0.306 e. The number of ketones is 1. The van der Waals surface area contributed by atoms with E-state index >= 15 is 0 Å². The third kappa shape index (κ3) is 4.56. The summed E-state index contributed by atoms with van der Waals surface area (Å²) in [5.41, 5.74) is 1.38. The number of carbonyl (C=O) groups is 2. The molecule has 1 heterocycles. The van der Waals surface area contributed by atoms with E-state index < -0.39 is 22.7 Å². The highest BCUT2D eigenvalue weighted by atomic mass is 35.5. The van der Waals surface area contributed by atoms with E-state index in [4.69, 9.17) is 25.8 Å². The van der Waals surface area contributed by atoms with Crippen LogP contribution in [-0.4, -0.2) is 30.0 Å². The molecule has 1 aliphatic heterocycles. The summed E-state index contributed by atoms with van der Waals surface area (Å²) in [6, 6.07) is 3.37. The van der Waals surface area contributed by atoms with Gasteiger partial charge in [-0.25, -0.2) is 0 Å². The molecule has 0 unspecified atom stereocenters. The highest BCUT2D eigenvalue weighted by Gasteiger charge is 2.44.